The highest BCUT2D eigenvalue weighted by molar-refractivity contribution is 5.81. The van der Waals surface area contributed by atoms with Crippen molar-refractivity contribution in [3.8, 4) is 0 Å². The van der Waals surface area contributed by atoms with Crippen LogP contribution in [0.4, 0.5) is 0 Å². The van der Waals surface area contributed by atoms with Crippen molar-refractivity contribution in [2.75, 3.05) is 13.2 Å². The third-order valence-electron chi connectivity index (χ3n) is 3.07. The van der Waals surface area contributed by atoms with Crippen molar-refractivity contribution >= 4 is 10.9 Å². The molecule has 0 aliphatic rings. The van der Waals surface area contributed by atoms with Crippen LogP contribution >= 0.6 is 0 Å². The van der Waals surface area contributed by atoms with Gasteiger partial charge >= 0.3 is 0 Å². The van der Waals surface area contributed by atoms with Gasteiger partial charge in [-0.1, -0.05) is 24.3 Å². The van der Waals surface area contributed by atoms with Gasteiger partial charge in [0.1, 0.15) is 0 Å². The lowest BCUT2D eigenvalue weighted by Crippen LogP contribution is -2.12. The van der Waals surface area contributed by atoms with Crippen LogP contribution in [-0.2, 0) is 4.74 Å². The standard InChI is InChI=1S/C15H20N2O/c1-2-18-11-5-9-14(16)13-8-3-6-12-7-4-10-17-15(12)13/h3-4,6-8,10,14H,2,5,9,11,16H2,1H3. The molecule has 1 unspecified atom stereocenters. The van der Waals surface area contributed by atoms with Gasteiger partial charge in [0.15, 0.2) is 0 Å². The highest BCUT2D eigenvalue weighted by atomic mass is 16.5. The lowest BCUT2D eigenvalue weighted by Gasteiger charge is -2.13. The Labute approximate surface area is 108 Å². The van der Waals surface area contributed by atoms with Gasteiger partial charge < -0.3 is 10.5 Å². The Kier molecular flexibility index (Phi) is 4.67. The number of pyridine rings is 1. The van der Waals surface area contributed by atoms with Gasteiger partial charge in [-0.2, -0.15) is 0 Å². The van der Waals surface area contributed by atoms with Gasteiger partial charge in [-0.15, -0.1) is 0 Å². The minimum Gasteiger partial charge on any atom is -0.382 e. The monoisotopic (exact) mass is 244 g/mol. The molecule has 1 heterocycles. The van der Waals surface area contributed by atoms with Crippen LogP contribution in [0.3, 0.4) is 0 Å². The Balaban J connectivity index is 2.10. The minimum atomic E-state index is 0.0315. The SMILES string of the molecule is CCOCCCC(N)c1cccc2cccnc12. The predicted molar refractivity (Wildman–Crippen MR) is 74.4 cm³/mol. The molecular weight excluding hydrogens is 224 g/mol. The van der Waals surface area contributed by atoms with Gasteiger partial charge in [0.05, 0.1) is 5.52 Å². The molecule has 96 valence electrons. The predicted octanol–water partition coefficient (Wildman–Crippen LogP) is 3.05. The number of para-hydroxylation sites is 1. The van der Waals surface area contributed by atoms with E-state index in [0.29, 0.717) is 0 Å². The van der Waals surface area contributed by atoms with E-state index in [2.05, 4.69) is 23.2 Å². The van der Waals surface area contributed by atoms with Gasteiger partial charge in [0.2, 0.25) is 0 Å². The molecule has 1 aromatic carbocycles. The van der Waals surface area contributed by atoms with E-state index in [1.165, 1.54) is 0 Å². The maximum atomic E-state index is 6.25. The van der Waals surface area contributed by atoms with Crippen LogP contribution in [-0.4, -0.2) is 18.2 Å². The zero-order chi connectivity index (χ0) is 12.8. The summed E-state index contributed by atoms with van der Waals surface area (Å²) in [4.78, 5) is 4.44. The maximum Gasteiger partial charge on any atom is 0.0749 e. The fourth-order valence-corrected chi connectivity index (χ4v) is 2.13. The Bertz CT molecular complexity index is 493. The van der Waals surface area contributed by atoms with E-state index in [9.17, 15) is 0 Å². The van der Waals surface area contributed by atoms with Crippen LogP contribution in [0.2, 0.25) is 0 Å². The summed E-state index contributed by atoms with van der Waals surface area (Å²) in [6, 6.07) is 10.2. The average Bonchev–Trinajstić information content (AvgIpc) is 2.43. The second kappa shape index (κ2) is 6.47. The zero-order valence-corrected chi connectivity index (χ0v) is 10.8. The number of rotatable bonds is 6. The van der Waals surface area contributed by atoms with Crippen molar-refractivity contribution in [3.05, 3.63) is 42.1 Å². The number of hydrogen-bond donors (Lipinski definition) is 1. The van der Waals surface area contributed by atoms with Gasteiger partial charge in [-0.05, 0) is 31.4 Å². The third-order valence-corrected chi connectivity index (χ3v) is 3.07. The van der Waals surface area contributed by atoms with Crippen molar-refractivity contribution in [1.82, 2.24) is 4.98 Å². The molecule has 18 heavy (non-hydrogen) atoms. The number of fused-ring (bicyclic) bond motifs is 1. The topological polar surface area (TPSA) is 48.1 Å². The van der Waals surface area contributed by atoms with Crippen LogP contribution in [0.1, 0.15) is 31.4 Å². The van der Waals surface area contributed by atoms with Crippen molar-refractivity contribution in [2.24, 2.45) is 5.73 Å². The number of benzene rings is 1. The number of aromatic nitrogens is 1. The third kappa shape index (κ3) is 3.06. The summed E-state index contributed by atoms with van der Waals surface area (Å²) in [5.41, 5.74) is 8.39. The van der Waals surface area contributed by atoms with E-state index in [4.69, 9.17) is 10.5 Å². The van der Waals surface area contributed by atoms with Crippen LogP contribution in [0, 0.1) is 0 Å². The fourth-order valence-electron chi connectivity index (χ4n) is 2.13. The molecule has 2 N–H and O–H groups in total. The zero-order valence-electron chi connectivity index (χ0n) is 10.8. The Morgan fingerprint density at radius 1 is 1.28 bits per heavy atom. The van der Waals surface area contributed by atoms with E-state index in [0.717, 1.165) is 42.5 Å². The fraction of sp³-hybridized carbons (Fsp3) is 0.400. The van der Waals surface area contributed by atoms with Crippen LogP contribution in [0.25, 0.3) is 10.9 Å². The summed E-state index contributed by atoms with van der Waals surface area (Å²) < 4.78 is 5.34. The largest absolute Gasteiger partial charge is 0.382 e. The molecule has 0 amide bonds. The van der Waals surface area contributed by atoms with Crippen LogP contribution in [0.5, 0.6) is 0 Å². The van der Waals surface area contributed by atoms with E-state index >= 15 is 0 Å². The van der Waals surface area contributed by atoms with Gasteiger partial charge in [0, 0.05) is 30.8 Å². The smallest absolute Gasteiger partial charge is 0.0749 e. The van der Waals surface area contributed by atoms with Gasteiger partial charge in [0.25, 0.3) is 0 Å². The van der Waals surface area contributed by atoms with Crippen molar-refractivity contribution in [1.29, 1.82) is 0 Å². The van der Waals surface area contributed by atoms with E-state index < -0.39 is 0 Å². The Morgan fingerprint density at radius 3 is 2.94 bits per heavy atom. The summed E-state index contributed by atoms with van der Waals surface area (Å²) in [5, 5.41) is 1.15. The van der Waals surface area contributed by atoms with Crippen molar-refractivity contribution in [2.45, 2.75) is 25.8 Å². The molecule has 3 heteroatoms. The van der Waals surface area contributed by atoms with Crippen molar-refractivity contribution in [3.63, 3.8) is 0 Å². The molecule has 0 aliphatic heterocycles. The van der Waals surface area contributed by atoms with Crippen LogP contribution in [0.15, 0.2) is 36.5 Å². The highest BCUT2D eigenvalue weighted by Gasteiger charge is 2.10. The summed E-state index contributed by atoms with van der Waals surface area (Å²) in [5.74, 6) is 0. The highest BCUT2D eigenvalue weighted by Crippen LogP contribution is 2.23. The molecule has 0 bridgehead atoms. The second-order valence-corrected chi connectivity index (χ2v) is 4.37. The lowest BCUT2D eigenvalue weighted by molar-refractivity contribution is 0.142. The van der Waals surface area contributed by atoms with E-state index in [1.807, 2.05) is 25.3 Å². The molecule has 1 atom stereocenters. The first-order chi connectivity index (χ1) is 8.83. The Morgan fingerprint density at radius 2 is 2.11 bits per heavy atom. The lowest BCUT2D eigenvalue weighted by atomic mass is 10.00. The molecule has 0 radical (unpaired) electrons. The quantitative estimate of drug-likeness (QED) is 0.794. The summed E-state index contributed by atoms with van der Waals surface area (Å²) in [6.07, 6.45) is 3.73. The molecule has 2 rings (SSSR count). The number of nitrogens with two attached hydrogens (primary N) is 1. The van der Waals surface area contributed by atoms with E-state index in [1.54, 1.807) is 0 Å². The molecule has 3 nitrogen and oxygen atoms in total. The molecule has 0 aliphatic carbocycles. The average molecular weight is 244 g/mol. The molecule has 1 aromatic heterocycles. The summed E-state index contributed by atoms with van der Waals surface area (Å²) >= 11 is 0. The summed E-state index contributed by atoms with van der Waals surface area (Å²) in [7, 11) is 0. The molecule has 0 saturated carbocycles. The molecular formula is C15H20N2O. The van der Waals surface area contributed by atoms with Gasteiger partial charge in [-0.25, -0.2) is 0 Å². The second-order valence-electron chi connectivity index (χ2n) is 4.37. The number of nitrogens with zero attached hydrogens (tertiary/aromatic N) is 1. The van der Waals surface area contributed by atoms with Gasteiger partial charge in [-0.3, -0.25) is 4.98 Å². The summed E-state index contributed by atoms with van der Waals surface area (Å²) in [6.45, 7) is 3.56. The molecule has 0 saturated heterocycles. The normalized spacial score (nSPS) is 12.8. The molecule has 2 aromatic rings. The first-order valence-corrected chi connectivity index (χ1v) is 6.50. The molecule has 0 fully saturated rings. The first-order valence-electron chi connectivity index (χ1n) is 6.50. The van der Waals surface area contributed by atoms with Crippen molar-refractivity contribution < 1.29 is 4.74 Å². The van der Waals surface area contributed by atoms with E-state index in [-0.39, 0.29) is 6.04 Å². The first kappa shape index (κ1) is 13.0. The maximum absolute atomic E-state index is 6.25. The minimum absolute atomic E-state index is 0.0315. The molecule has 0 spiro atoms. The number of hydrogen-bond acceptors (Lipinski definition) is 3. The Hall–Kier alpha value is -1.45. The number of ether oxygens (including phenoxy) is 1. The van der Waals surface area contributed by atoms with Crippen LogP contribution < -0.4 is 5.73 Å².